The van der Waals surface area contributed by atoms with Gasteiger partial charge in [0.15, 0.2) is 0 Å². The van der Waals surface area contributed by atoms with Crippen molar-refractivity contribution in [3.63, 3.8) is 0 Å². The molecule has 2 atom stereocenters. The average Bonchev–Trinajstić information content (AvgIpc) is 2.85. The number of hydrogen-bond donors (Lipinski definition) is 1. The Bertz CT molecular complexity index is 557. The van der Waals surface area contributed by atoms with Crippen LogP contribution in [0.5, 0.6) is 0 Å². The molecule has 1 aromatic rings. The fraction of sp³-hybridized carbons (Fsp3) is 0.562. The average molecular weight is 313 g/mol. The fourth-order valence-electron chi connectivity index (χ4n) is 2.53. The largest absolute Gasteiger partial charge is 0.444 e. The van der Waals surface area contributed by atoms with Crippen molar-refractivity contribution in [1.82, 2.24) is 4.90 Å². The number of carbonyl (C=O) groups is 1. The molecule has 0 aromatic heterocycles. The van der Waals surface area contributed by atoms with E-state index in [0.717, 1.165) is 12.1 Å². The molecular weight excluding hydrogens is 292 g/mol. The van der Waals surface area contributed by atoms with Crippen LogP contribution in [0.4, 0.5) is 13.6 Å². The van der Waals surface area contributed by atoms with E-state index in [1.807, 2.05) is 0 Å². The summed E-state index contributed by atoms with van der Waals surface area (Å²) >= 11 is 0. The highest BCUT2D eigenvalue weighted by atomic mass is 19.1. The summed E-state index contributed by atoms with van der Waals surface area (Å²) in [5, 5.41) is 10.3. The van der Waals surface area contributed by atoms with E-state index < -0.39 is 29.4 Å². The van der Waals surface area contributed by atoms with Gasteiger partial charge in [0.1, 0.15) is 17.2 Å². The molecule has 6 heteroatoms. The molecule has 1 fully saturated rings. The minimum absolute atomic E-state index is 0.0532. The third-order valence-electron chi connectivity index (χ3n) is 3.60. The van der Waals surface area contributed by atoms with Crippen molar-refractivity contribution < 1.29 is 23.4 Å². The van der Waals surface area contributed by atoms with E-state index in [4.69, 9.17) is 4.74 Å². The van der Waals surface area contributed by atoms with Gasteiger partial charge < -0.3 is 14.7 Å². The lowest BCUT2D eigenvalue weighted by molar-refractivity contribution is 0.0267. The Labute approximate surface area is 128 Å². The molecule has 122 valence electrons. The summed E-state index contributed by atoms with van der Waals surface area (Å²) in [6, 6.07) is 3.10. The van der Waals surface area contributed by atoms with Gasteiger partial charge in [-0.1, -0.05) is 6.07 Å². The Hall–Kier alpha value is -1.69. The SMILES string of the molecule is CC(C)(C)OC(=O)N1CCC(C(O)c2ccc(F)cc2F)C1. The molecule has 2 unspecified atom stereocenters. The van der Waals surface area contributed by atoms with Crippen molar-refractivity contribution in [3.05, 3.63) is 35.4 Å². The van der Waals surface area contributed by atoms with Crippen LogP contribution in [0.1, 0.15) is 38.9 Å². The van der Waals surface area contributed by atoms with E-state index in [-0.39, 0.29) is 18.0 Å². The molecule has 1 N–H and O–H groups in total. The van der Waals surface area contributed by atoms with Gasteiger partial charge in [-0.05, 0) is 33.3 Å². The van der Waals surface area contributed by atoms with Crippen LogP contribution in [0.2, 0.25) is 0 Å². The molecule has 0 saturated carbocycles. The van der Waals surface area contributed by atoms with E-state index in [1.165, 1.54) is 11.0 Å². The van der Waals surface area contributed by atoms with Crippen molar-refractivity contribution in [2.24, 2.45) is 5.92 Å². The minimum atomic E-state index is -1.08. The van der Waals surface area contributed by atoms with Crippen molar-refractivity contribution in [3.8, 4) is 0 Å². The van der Waals surface area contributed by atoms with Crippen LogP contribution in [0.25, 0.3) is 0 Å². The second kappa shape index (κ2) is 6.20. The molecule has 1 saturated heterocycles. The lowest BCUT2D eigenvalue weighted by Crippen LogP contribution is -2.35. The monoisotopic (exact) mass is 313 g/mol. The highest BCUT2D eigenvalue weighted by Gasteiger charge is 2.34. The summed E-state index contributed by atoms with van der Waals surface area (Å²) in [6.45, 7) is 6.07. The van der Waals surface area contributed by atoms with E-state index >= 15 is 0 Å². The lowest BCUT2D eigenvalue weighted by Gasteiger charge is -2.25. The van der Waals surface area contributed by atoms with Crippen LogP contribution in [0.3, 0.4) is 0 Å². The first-order chi connectivity index (χ1) is 10.2. The van der Waals surface area contributed by atoms with Gasteiger partial charge in [0, 0.05) is 30.6 Å². The molecule has 0 spiro atoms. The van der Waals surface area contributed by atoms with Gasteiger partial charge in [-0.15, -0.1) is 0 Å². The second-order valence-electron chi connectivity index (χ2n) is 6.59. The molecule has 0 bridgehead atoms. The number of halogens is 2. The number of ether oxygens (including phenoxy) is 1. The van der Waals surface area contributed by atoms with E-state index in [0.29, 0.717) is 13.0 Å². The number of likely N-dealkylation sites (tertiary alicyclic amines) is 1. The first kappa shape index (κ1) is 16.7. The van der Waals surface area contributed by atoms with Crippen LogP contribution in [0, 0.1) is 17.6 Å². The number of nitrogens with zero attached hydrogens (tertiary/aromatic N) is 1. The van der Waals surface area contributed by atoms with Gasteiger partial charge in [-0.2, -0.15) is 0 Å². The second-order valence-corrected chi connectivity index (χ2v) is 6.59. The molecule has 2 rings (SSSR count). The Morgan fingerprint density at radius 1 is 1.41 bits per heavy atom. The molecule has 1 aliphatic rings. The van der Waals surface area contributed by atoms with Gasteiger partial charge in [0.25, 0.3) is 0 Å². The van der Waals surface area contributed by atoms with Gasteiger partial charge in [-0.25, -0.2) is 13.6 Å². The van der Waals surface area contributed by atoms with Crippen molar-refractivity contribution >= 4 is 6.09 Å². The highest BCUT2D eigenvalue weighted by molar-refractivity contribution is 5.68. The van der Waals surface area contributed by atoms with E-state index in [1.54, 1.807) is 20.8 Å². The molecule has 22 heavy (non-hydrogen) atoms. The summed E-state index contributed by atoms with van der Waals surface area (Å²) in [5.41, 5.74) is -0.533. The maximum absolute atomic E-state index is 13.7. The zero-order valence-corrected chi connectivity index (χ0v) is 13.0. The van der Waals surface area contributed by atoms with Gasteiger partial charge >= 0.3 is 6.09 Å². The zero-order valence-electron chi connectivity index (χ0n) is 13.0. The number of benzene rings is 1. The highest BCUT2D eigenvalue weighted by Crippen LogP contribution is 2.32. The third-order valence-corrected chi connectivity index (χ3v) is 3.60. The number of amides is 1. The molecule has 1 heterocycles. The summed E-state index contributed by atoms with van der Waals surface area (Å²) in [6.07, 6.45) is -0.980. The van der Waals surface area contributed by atoms with Gasteiger partial charge in [0.05, 0.1) is 6.10 Å². The maximum atomic E-state index is 13.7. The zero-order chi connectivity index (χ0) is 16.5. The molecule has 1 aromatic carbocycles. The number of aliphatic hydroxyl groups excluding tert-OH is 1. The minimum Gasteiger partial charge on any atom is -0.444 e. The van der Waals surface area contributed by atoms with Crippen molar-refractivity contribution in [2.45, 2.75) is 38.9 Å². The molecule has 1 amide bonds. The topological polar surface area (TPSA) is 49.8 Å². The van der Waals surface area contributed by atoms with Gasteiger partial charge in [-0.3, -0.25) is 0 Å². The van der Waals surface area contributed by atoms with Crippen molar-refractivity contribution in [2.75, 3.05) is 13.1 Å². The molecule has 0 radical (unpaired) electrons. The summed E-state index contributed by atoms with van der Waals surface area (Å²) in [4.78, 5) is 13.5. The number of carbonyl (C=O) groups excluding carboxylic acids is 1. The van der Waals surface area contributed by atoms with Crippen LogP contribution in [-0.4, -0.2) is 34.8 Å². The molecule has 4 nitrogen and oxygen atoms in total. The Morgan fingerprint density at radius 2 is 2.09 bits per heavy atom. The van der Waals surface area contributed by atoms with Gasteiger partial charge in [0.2, 0.25) is 0 Å². The standard InChI is InChI=1S/C16H21F2NO3/c1-16(2,3)22-15(21)19-7-6-10(9-19)14(20)12-5-4-11(17)8-13(12)18/h4-5,8,10,14,20H,6-7,9H2,1-3H3. The predicted molar refractivity (Wildman–Crippen MR) is 77.2 cm³/mol. The lowest BCUT2D eigenvalue weighted by atomic mass is 9.95. The summed E-state index contributed by atoms with van der Waals surface area (Å²) in [5.74, 6) is -1.76. The predicted octanol–water partition coefficient (Wildman–Crippen LogP) is 3.26. The quantitative estimate of drug-likeness (QED) is 0.912. The summed E-state index contributed by atoms with van der Waals surface area (Å²) in [7, 11) is 0. The number of aliphatic hydroxyl groups is 1. The molecule has 1 aliphatic heterocycles. The Morgan fingerprint density at radius 3 is 2.68 bits per heavy atom. The molecule has 0 aliphatic carbocycles. The third kappa shape index (κ3) is 3.94. The Kier molecular flexibility index (Phi) is 4.70. The first-order valence-electron chi connectivity index (χ1n) is 7.28. The summed E-state index contributed by atoms with van der Waals surface area (Å²) < 4.78 is 31.9. The Balaban J connectivity index is 2.02. The number of rotatable bonds is 2. The van der Waals surface area contributed by atoms with Crippen molar-refractivity contribution in [1.29, 1.82) is 0 Å². The van der Waals surface area contributed by atoms with Crippen LogP contribution < -0.4 is 0 Å². The smallest absolute Gasteiger partial charge is 0.410 e. The van der Waals surface area contributed by atoms with Crippen LogP contribution in [0.15, 0.2) is 18.2 Å². The fourth-order valence-corrected chi connectivity index (χ4v) is 2.53. The van der Waals surface area contributed by atoms with E-state index in [2.05, 4.69) is 0 Å². The first-order valence-corrected chi connectivity index (χ1v) is 7.28. The van der Waals surface area contributed by atoms with E-state index in [9.17, 15) is 18.7 Å². The van der Waals surface area contributed by atoms with Crippen LogP contribution in [-0.2, 0) is 4.74 Å². The van der Waals surface area contributed by atoms with Crippen LogP contribution >= 0.6 is 0 Å². The number of hydrogen-bond acceptors (Lipinski definition) is 3. The maximum Gasteiger partial charge on any atom is 0.410 e. The molecular formula is C16H21F2NO3. The normalized spacial score (nSPS) is 20.1.